The number of hydrogen-bond donors (Lipinski definition) is 2. The molecule has 0 spiro atoms. The van der Waals surface area contributed by atoms with Crippen molar-refractivity contribution in [3.63, 3.8) is 0 Å². The minimum atomic E-state index is 0.545. The molecule has 0 bridgehead atoms. The fourth-order valence-electron chi connectivity index (χ4n) is 1.12. The molecule has 0 fully saturated rings. The number of aromatic nitrogens is 1. The molecule has 1 aliphatic heterocycles. The van der Waals surface area contributed by atoms with Crippen molar-refractivity contribution >= 4 is 12.6 Å². The first-order valence-corrected chi connectivity index (χ1v) is 3.72. The number of rotatable bonds is 0. The highest BCUT2D eigenvalue weighted by Gasteiger charge is 2.06. The Hall–Kier alpha value is -1.09. The predicted octanol–water partition coefficient (Wildman–Crippen LogP) is 2.12. The van der Waals surface area contributed by atoms with Crippen molar-refractivity contribution in [1.82, 2.24) is 4.73 Å². The van der Waals surface area contributed by atoms with Gasteiger partial charge in [-0.15, -0.1) is 12.6 Å². The lowest BCUT2D eigenvalue weighted by Gasteiger charge is -2.07. The number of fused-ring (bicyclic) bond motifs is 1. The minimum Gasteiger partial charge on any atom is -0.427 e. The first kappa shape index (κ1) is 6.61. The molecule has 2 nitrogen and oxygen atoms in total. The third-order valence-electron chi connectivity index (χ3n) is 1.68. The van der Waals surface area contributed by atoms with Crippen molar-refractivity contribution < 1.29 is 5.21 Å². The topological polar surface area (TPSA) is 25.2 Å². The first-order valence-electron chi connectivity index (χ1n) is 3.28. The second-order valence-corrected chi connectivity index (χ2v) is 2.83. The zero-order valence-electron chi connectivity index (χ0n) is 5.73. The van der Waals surface area contributed by atoms with E-state index in [1.54, 1.807) is 6.07 Å². The number of thiol groups is 1. The van der Waals surface area contributed by atoms with Crippen LogP contribution in [0.2, 0.25) is 0 Å². The molecule has 0 amide bonds. The van der Waals surface area contributed by atoms with Crippen molar-refractivity contribution in [2.45, 2.75) is 5.03 Å². The molecule has 0 saturated carbocycles. The van der Waals surface area contributed by atoms with Crippen LogP contribution in [0.4, 0.5) is 0 Å². The van der Waals surface area contributed by atoms with Crippen LogP contribution in [0, 0.1) is 0 Å². The lowest BCUT2D eigenvalue weighted by atomic mass is 10.2. The van der Waals surface area contributed by atoms with Gasteiger partial charge in [0.25, 0.3) is 0 Å². The second kappa shape index (κ2) is 2.20. The van der Waals surface area contributed by atoms with Crippen molar-refractivity contribution in [3.05, 3.63) is 30.3 Å². The molecule has 0 saturated heterocycles. The minimum absolute atomic E-state index is 0.545. The van der Waals surface area contributed by atoms with E-state index in [1.165, 1.54) is 0 Å². The summed E-state index contributed by atoms with van der Waals surface area (Å²) < 4.78 is 1.07. The summed E-state index contributed by atoms with van der Waals surface area (Å²) in [5.74, 6) is 0. The van der Waals surface area contributed by atoms with Crippen LogP contribution in [0.1, 0.15) is 0 Å². The molecule has 1 aliphatic carbocycles. The van der Waals surface area contributed by atoms with Crippen molar-refractivity contribution in [3.8, 4) is 11.3 Å². The molecular weight excluding hydrogens is 158 g/mol. The quantitative estimate of drug-likeness (QED) is 0.453. The molecule has 56 valence electrons. The van der Waals surface area contributed by atoms with Crippen LogP contribution in [-0.2, 0) is 0 Å². The average Bonchev–Trinajstić information content (AvgIpc) is 2.45. The molecule has 2 rings (SSSR count). The van der Waals surface area contributed by atoms with Crippen LogP contribution in [-0.4, -0.2) is 9.94 Å². The van der Waals surface area contributed by atoms with E-state index in [-0.39, 0.29) is 0 Å². The Morgan fingerprint density at radius 3 is 2.82 bits per heavy atom. The Morgan fingerprint density at radius 1 is 1.18 bits per heavy atom. The second-order valence-electron chi connectivity index (χ2n) is 2.37. The van der Waals surface area contributed by atoms with Gasteiger partial charge in [0.05, 0.1) is 5.69 Å². The average molecular weight is 165 g/mol. The molecule has 0 aromatic rings. The predicted molar refractivity (Wildman–Crippen MR) is 45.5 cm³/mol. The zero-order valence-corrected chi connectivity index (χ0v) is 6.62. The van der Waals surface area contributed by atoms with Crippen LogP contribution in [0.25, 0.3) is 11.3 Å². The Morgan fingerprint density at radius 2 is 2.00 bits per heavy atom. The highest BCUT2D eigenvalue weighted by molar-refractivity contribution is 7.80. The summed E-state index contributed by atoms with van der Waals surface area (Å²) in [6, 6.07) is 9.35. The molecule has 0 unspecified atom stereocenters. The molecule has 0 atom stereocenters. The lowest BCUT2D eigenvalue weighted by molar-refractivity contribution is 0.165. The van der Waals surface area contributed by atoms with Gasteiger partial charge < -0.3 is 5.21 Å². The summed E-state index contributed by atoms with van der Waals surface area (Å²) in [7, 11) is 0. The van der Waals surface area contributed by atoms with Crippen LogP contribution in [0.15, 0.2) is 35.4 Å². The molecule has 1 heterocycles. The van der Waals surface area contributed by atoms with Crippen LogP contribution in [0.3, 0.4) is 0 Å². The van der Waals surface area contributed by atoms with E-state index in [2.05, 4.69) is 12.6 Å². The van der Waals surface area contributed by atoms with Crippen LogP contribution >= 0.6 is 12.6 Å². The van der Waals surface area contributed by atoms with E-state index in [1.807, 2.05) is 24.3 Å². The monoisotopic (exact) mass is 165 g/mol. The summed E-state index contributed by atoms with van der Waals surface area (Å²) in [6.45, 7) is 0. The highest BCUT2D eigenvalue weighted by Crippen LogP contribution is 2.24. The van der Waals surface area contributed by atoms with E-state index < -0.39 is 0 Å². The fraction of sp³-hybridized carbons (Fsp3) is 0. The van der Waals surface area contributed by atoms with E-state index in [0.29, 0.717) is 5.03 Å². The molecule has 0 radical (unpaired) electrons. The third-order valence-corrected chi connectivity index (χ3v) is 2.02. The lowest BCUT2D eigenvalue weighted by Crippen LogP contribution is -1.98. The number of hydrogen-bond acceptors (Lipinski definition) is 2. The van der Waals surface area contributed by atoms with E-state index in [0.717, 1.165) is 16.0 Å². The van der Waals surface area contributed by atoms with Gasteiger partial charge in [-0.1, -0.05) is 18.2 Å². The molecular formula is C8H7NOS. The van der Waals surface area contributed by atoms with Gasteiger partial charge in [0.1, 0.15) is 5.03 Å². The van der Waals surface area contributed by atoms with Gasteiger partial charge in [-0.2, -0.15) is 4.73 Å². The molecule has 2 aliphatic rings. The normalized spacial score (nSPS) is 10.6. The first-order chi connectivity index (χ1) is 5.29. The van der Waals surface area contributed by atoms with Crippen LogP contribution in [0.5, 0.6) is 0 Å². The van der Waals surface area contributed by atoms with Gasteiger partial charge in [0.2, 0.25) is 0 Å². The summed E-state index contributed by atoms with van der Waals surface area (Å²) in [5.41, 5.74) is 1.81. The Kier molecular flexibility index (Phi) is 1.32. The van der Waals surface area contributed by atoms with E-state index in [9.17, 15) is 5.21 Å². The maximum absolute atomic E-state index is 9.39. The standard InChI is InChI=1S/C8H7NOS/c10-9-7-3-1-2-6(7)4-5-8(9)11/h1-5,10-11H. The largest absolute Gasteiger partial charge is 0.427 e. The van der Waals surface area contributed by atoms with Gasteiger partial charge >= 0.3 is 0 Å². The van der Waals surface area contributed by atoms with Gasteiger partial charge in [-0.3, -0.25) is 0 Å². The van der Waals surface area contributed by atoms with E-state index in [4.69, 9.17) is 0 Å². The van der Waals surface area contributed by atoms with Gasteiger partial charge in [0, 0.05) is 5.56 Å². The van der Waals surface area contributed by atoms with Crippen molar-refractivity contribution in [1.29, 1.82) is 0 Å². The highest BCUT2D eigenvalue weighted by atomic mass is 32.1. The molecule has 3 heteroatoms. The van der Waals surface area contributed by atoms with Gasteiger partial charge in [-0.25, -0.2) is 0 Å². The zero-order chi connectivity index (χ0) is 7.84. The smallest absolute Gasteiger partial charge is 0.110 e. The summed E-state index contributed by atoms with van der Waals surface area (Å²) >= 11 is 4.06. The molecule has 0 aromatic heterocycles. The summed E-state index contributed by atoms with van der Waals surface area (Å²) in [6.07, 6.45) is 0. The summed E-state index contributed by atoms with van der Waals surface area (Å²) in [4.78, 5) is 0. The summed E-state index contributed by atoms with van der Waals surface area (Å²) in [5, 5.41) is 9.93. The van der Waals surface area contributed by atoms with Crippen molar-refractivity contribution in [2.75, 3.05) is 0 Å². The molecule has 1 N–H and O–H groups in total. The Bertz CT molecular complexity index is 355. The number of nitrogens with zero attached hydrogens (tertiary/aromatic N) is 1. The fourth-order valence-corrected chi connectivity index (χ4v) is 1.30. The maximum Gasteiger partial charge on any atom is 0.110 e. The molecule has 0 aromatic carbocycles. The van der Waals surface area contributed by atoms with Gasteiger partial charge in [-0.05, 0) is 12.1 Å². The SMILES string of the molecule is On1c(S)ccc2cccc1-2. The third kappa shape index (κ3) is 0.886. The molecule has 11 heavy (non-hydrogen) atoms. The van der Waals surface area contributed by atoms with Gasteiger partial charge in [0.15, 0.2) is 0 Å². The Balaban J connectivity index is 2.81. The Labute approximate surface area is 69.8 Å². The maximum atomic E-state index is 9.39. The van der Waals surface area contributed by atoms with Crippen molar-refractivity contribution in [2.24, 2.45) is 0 Å². The van der Waals surface area contributed by atoms with Crippen LogP contribution < -0.4 is 0 Å². The van der Waals surface area contributed by atoms with E-state index >= 15 is 0 Å². The number of pyridine rings is 1.